The summed E-state index contributed by atoms with van der Waals surface area (Å²) in [4.78, 5) is 16.0. The number of amides is 1. The Hall–Kier alpha value is -2.14. The number of anilines is 2. The number of pyridine rings is 1. The van der Waals surface area contributed by atoms with Gasteiger partial charge in [0.05, 0.1) is 11.3 Å². The van der Waals surface area contributed by atoms with Crippen LogP contribution >= 0.6 is 11.6 Å². The number of aromatic nitrogens is 1. The van der Waals surface area contributed by atoms with Crippen LogP contribution in [-0.2, 0) is 0 Å². The molecule has 1 amide bonds. The van der Waals surface area contributed by atoms with Crippen LogP contribution in [0.2, 0.25) is 5.02 Å². The average molecular weight is 294 g/mol. The molecule has 4 nitrogen and oxygen atoms in total. The SMILES string of the molecule is CCNc1ccc(C(=O)Nc2cc(Cl)ccc2F)cn1. The Morgan fingerprint density at radius 2 is 2.15 bits per heavy atom. The van der Waals surface area contributed by atoms with Crippen LogP contribution in [0.3, 0.4) is 0 Å². The van der Waals surface area contributed by atoms with Crippen molar-refractivity contribution in [2.75, 3.05) is 17.2 Å². The van der Waals surface area contributed by atoms with Crippen LogP contribution in [0.5, 0.6) is 0 Å². The number of nitrogens with zero attached hydrogens (tertiary/aromatic N) is 1. The Morgan fingerprint density at radius 1 is 1.35 bits per heavy atom. The highest BCUT2D eigenvalue weighted by Crippen LogP contribution is 2.20. The van der Waals surface area contributed by atoms with Gasteiger partial charge < -0.3 is 10.6 Å². The quantitative estimate of drug-likeness (QED) is 0.906. The molecule has 0 saturated carbocycles. The lowest BCUT2D eigenvalue weighted by Crippen LogP contribution is -2.13. The first-order valence-electron chi connectivity index (χ1n) is 6.06. The predicted octanol–water partition coefficient (Wildman–Crippen LogP) is 3.56. The second-order valence-electron chi connectivity index (χ2n) is 4.04. The van der Waals surface area contributed by atoms with E-state index in [0.29, 0.717) is 16.4 Å². The largest absolute Gasteiger partial charge is 0.370 e. The minimum absolute atomic E-state index is 0.0401. The third-order valence-corrected chi connectivity index (χ3v) is 2.80. The summed E-state index contributed by atoms with van der Waals surface area (Å²) in [7, 11) is 0. The number of hydrogen-bond donors (Lipinski definition) is 2. The molecule has 1 aromatic heterocycles. The van der Waals surface area contributed by atoms with E-state index in [4.69, 9.17) is 11.6 Å². The van der Waals surface area contributed by atoms with E-state index in [2.05, 4.69) is 15.6 Å². The lowest BCUT2D eigenvalue weighted by Gasteiger charge is -2.07. The summed E-state index contributed by atoms with van der Waals surface area (Å²) in [5.41, 5.74) is 0.379. The van der Waals surface area contributed by atoms with Crippen molar-refractivity contribution >= 4 is 29.0 Å². The standard InChI is InChI=1S/C14H13ClFN3O/c1-2-17-13-6-3-9(8-18-13)14(20)19-12-7-10(15)4-5-11(12)16/h3-8H,2H2,1H3,(H,17,18)(H,19,20). The second kappa shape index (κ2) is 6.34. The first kappa shape index (κ1) is 14.3. The van der Waals surface area contributed by atoms with Gasteiger partial charge in [0.2, 0.25) is 0 Å². The third kappa shape index (κ3) is 3.45. The normalized spacial score (nSPS) is 10.2. The molecular formula is C14H13ClFN3O. The fraction of sp³-hybridized carbons (Fsp3) is 0.143. The van der Waals surface area contributed by atoms with Gasteiger partial charge in [-0.15, -0.1) is 0 Å². The van der Waals surface area contributed by atoms with E-state index in [1.54, 1.807) is 12.1 Å². The molecule has 20 heavy (non-hydrogen) atoms. The molecular weight excluding hydrogens is 281 g/mol. The van der Waals surface area contributed by atoms with E-state index in [1.807, 2.05) is 6.92 Å². The van der Waals surface area contributed by atoms with Crippen LogP contribution in [0.25, 0.3) is 0 Å². The van der Waals surface area contributed by atoms with E-state index in [0.717, 1.165) is 6.54 Å². The molecule has 104 valence electrons. The fourth-order valence-corrected chi connectivity index (χ4v) is 1.77. The van der Waals surface area contributed by atoms with Crippen LogP contribution < -0.4 is 10.6 Å². The summed E-state index contributed by atoms with van der Waals surface area (Å²) in [5.74, 6) is -0.306. The van der Waals surface area contributed by atoms with Crippen molar-refractivity contribution in [1.82, 2.24) is 4.98 Å². The zero-order valence-electron chi connectivity index (χ0n) is 10.8. The first-order valence-corrected chi connectivity index (χ1v) is 6.44. The molecule has 0 saturated heterocycles. The van der Waals surface area contributed by atoms with Crippen molar-refractivity contribution < 1.29 is 9.18 Å². The highest BCUT2D eigenvalue weighted by molar-refractivity contribution is 6.31. The molecule has 0 radical (unpaired) electrons. The Labute approximate surface area is 121 Å². The van der Waals surface area contributed by atoms with Gasteiger partial charge in [-0.1, -0.05) is 11.6 Å². The number of hydrogen-bond acceptors (Lipinski definition) is 3. The number of carbonyl (C=O) groups excluding carboxylic acids is 1. The molecule has 0 aliphatic carbocycles. The minimum atomic E-state index is -0.542. The molecule has 0 unspecified atom stereocenters. The van der Waals surface area contributed by atoms with Crippen LogP contribution in [0.15, 0.2) is 36.5 Å². The smallest absolute Gasteiger partial charge is 0.257 e. The van der Waals surface area contributed by atoms with Crippen molar-refractivity contribution in [1.29, 1.82) is 0 Å². The number of nitrogens with one attached hydrogen (secondary N) is 2. The maximum atomic E-state index is 13.5. The summed E-state index contributed by atoms with van der Waals surface area (Å²) >= 11 is 5.76. The number of benzene rings is 1. The minimum Gasteiger partial charge on any atom is -0.370 e. The Bertz CT molecular complexity index is 616. The Balaban J connectivity index is 2.13. The van der Waals surface area contributed by atoms with Gasteiger partial charge in [-0.2, -0.15) is 0 Å². The molecule has 2 rings (SSSR count). The molecule has 2 aromatic rings. The van der Waals surface area contributed by atoms with Crippen molar-refractivity contribution in [2.45, 2.75) is 6.92 Å². The van der Waals surface area contributed by atoms with Gasteiger partial charge in [-0.05, 0) is 37.3 Å². The molecule has 0 aliphatic heterocycles. The average Bonchev–Trinajstić information content (AvgIpc) is 2.44. The lowest BCUT2D eigenvalue weighted by atomic mass is 10.2. The van der Waals surface area contributed by atoms with Crippen molar-refractivity contribution in [2.24, 2.45) is 0 Å². The molecule has 0 fully saturated rings. The summed E-state index contributed by atoms with van der Waals surface area (Å²) in [6, 6.07) is 7.27. The van der Waals surface area contributed by atoms with Gasteiger partial charge in [0.15, 0.2) is 0 Å². The number of carbonyl (C=O) groups is 1. The summed E-state index contributed by atoms with van der Waals surface area (Å²) in [6.07, 6.45) is 1.43. The summed E-state index contributed by atoms with van der Waals surface area (Å²) in [5, 5.41) is 5.83. The van der Waals surface area contributed by atoms with Gasteiger partial charge in [-0.25, -0.2) is 9.37 Å². The van der Waals surface area contributed by atoms with E-state index in [-0.39, 0.29) is 5.69 Å². The molecule has 0 aliphatic rings. The number of rotatable bonds is 4. The van der Waals surface area contributed by atoms with E-state index < -0.39 is 11.7 Å². The second-order valence-corrected chi connectivity index (χ2v) is 4.48. The molecule has 6 heteroatoms. The molecule has 2 N–H and O–H groups in total. The van der Waals surface area contributed by atoms with Crippen LogP contribution in [-0.4, -0.2) is 17.4 Å². The van der Waals surface area contributed by atoms with Gasteiger partial charge in [0.1, 0.15) is 11.6 Å². The highest BCUT2D eigenvalue weighted by Gasteiger charge is 2.10. The molecule has 1 aromatic carbocycles. The van der Waals surface area contributed by atoms with Crippen molar-refractivity contribution in [3.63, 3.8) is 0 Å². The summed E-state index contributed by atoms with van der Waals surface area (Å²) in [6.45, 7) is 2.69. The highest BCUT2D eigenvalue weighted by atomic mass is 35.5. The molecule has 0 bridgehead atoms. The monoisotopic (exact) mass is 293 g/mol. The number of halogens is 2. The van der Waals surface area contributed by atoms with Crippen molar-refractivity contribution in [3.05, 3.63) is 52.9 Å². The maximum Gasteiger partial charge on any atom is 0.257 e. The fourth-order valence-electron chi connectivity index (χ4n) is 1.60. The maximum absolute atomic E-state index is 13.5. The van der Waals surface area contributed by atoms with E-state index in [1.165, 1.54) is 24.4 Å². The van der Waals surface area contributed by atoms with Gasteiger partial charge in [0, 0.05) is 17.8 Å². The Kier molecular flexibility index (Phi) is 4.53. The zero-order valence-corrected chi connectivity index (χ0v) is 11.5. The van der Waals surface area contributed by atoms with E-state index in [9.17, 15) is 9.18 Å². The van der Waals surface area contributed by atoms with Gasteiger partial charge in [0.25, 0.3) is 5.91 Å². The Morgan fingerprint density at radius 3 is 2.80 bits per heavy atom. The molecule has 1 heterocycles. The summed E-state index contributed by atoms with van der Waals surface area (Å²) < 4.78 is 13.5. The zero-order chi connectivity index (χ0) is 14.5. The van der Waals surface area contributed by atoms with Crippen LogP contribution in [0.4, 0.5) is 15.9 Å². The third-order valence-electron chi connectivity index (χ3n) is 2.56. The van der Waals surface area contributed by atoms with Crippen LogP contribution in [0, 0.1) is 5.82 Å². The molecule has 0 atom stereocenters. The van der Waals surface area contributed by atoms with Crippen molar-refractivity contribution in [3.8, 4) is 0 Å². The van der Waals surface area contributed by atoms with Crippen LogP contribution in [0.1, 0.15) is 17.3 Å². The molecule has 0 spiro atoms. The van der Waals surface area contributed by atoms with E-state index >= 15 is 0 Å². The topological polar surface area (TPSA) is 54.0 Å². The first-order chi connectivity index (χ1) is 9.60. The lowest BCUT2D eigenvalue weighted by molar-refractivity contribution is 0.102. The van der Waals surface area contributed by atoms with Gasteiger partial charge in [-0.3, -0.25) is 4.79 Å². The van der Waals surface area contributed by atoms with Gasteiger partial charge >= 0.3 is 0 Å². The predicted molar refractivity (Wildman–Crippen MR) is 77.8 cm³/mol.